The lowest BCUT2D eigenvalue weighted by atomic mass is 11.2. The van der Waals surface area contributed by atoms with Gasteiger partial charge in [0.2, 0.25) is 0 Å². The maximum Gasteiger partial charge on any atom is 0.309 e. The largest absolute Gasteiger partial charge is 0.352 e. The van der Waals surface area contributed by atoms with E-state index >= 15 is 0 Å². The summed E-state index contributed by atoms with van der Waals surface area (Å²) in [4.78, 5) is 9.00. The molecule has 0 spiro atoms. The molecule has 0 aliphatic carbocycles. The third kappa shape index (κ3) is 119. The lowest BCUT2D eigenvalue weighted by Crippen LogP contribution is -2.18. The molecule has 0 saturated heterocycles. The van der Waals surface area contributed by atoms with Crippen molar-refractivity contribution in [3.63, 3.8) is 0 Å². The van der Waals surface area contributed by atoms with Gasteiger partial charge in [-0.05, 0) is 0 Å². The second-order valence-electron chi connectivity index (χ2n) is 0.402. The molecular formula is CH7N2OP. The fourth-order valence-electron chi connectivity index (χ4n) is 0. The van der Waals surface area contributed by atoms with E-state index in [1.54, 1.807) is 0 Å². The van der Waals surface area contributed by atoms with E-state index in [9.17, 15) is 0 Å². The van der Waals surface area contributed by atoms with E-state index in [0.29, 0.717) is 0 Å². The summed E-state index contributed by atoms with van der Waals surface area (Å²) >= 11 is 0. The van der Waals surface area contributed by atoms with Crippen LogP contribution in [0.1, 0.15) is 0 Å². The highest BCUT2D eigenvalue weighted by Gasteiger charge is 1.60. The van der Waals surface area contributed by atoms with Gasteiger partial charge in [-0.25, -0.2) is 4.79 Å². The first-order valence-electron chi connectivity index (χ1n) is 0.781. The van der Waals surface area contributed by atoms with Crippen LogP contribution in [0.15, 0.2) is 0 Å². The molecule has 0 aromatic heterocycles. The average molecular weight is 94.1 g/mol. The summed E-state index contributed by atoms with van der Waals surface area (Å²) in [5.74, 6) is 0. The van der Waals surface area contributed by atoms with E-state index in [1.165, 1.54) is 0 Å². The van der Waals surface area contributed by atoms with Gasteiger partial charge >= 0.3 is 6.03 Å². The molecule has 0 aliphatic heterocycles. The molecule has 0 aromatic rings. The highest BCUT2D eigenvalue weighted by Crippen LogP contribution is 1.25. The molecule has 0 radical (unpaired) electrons. The maximum atomic E-state index is 9.00. The second-order valence-corrected chi connectivity index (χ2v) is 0.402. The van der Waals surface area contributed by atoms with E-state index in [1.807, 2.05) is 0 Å². The van der Waals surface area contributed by atoms with E-state index in [4.69, 9.17) is 4.79 Å². The molecule has 0 rings (SSSR count). The smallest absolute Gasteiger partial charge is 0.309 e. The second kappa shape index (κ2) is 3.70. The summed E-state index contributed by atoms with van der Waals surface area (Å²) in [5, 5.41) is 0. The molecule has 4 N–H and O–H groups in total. The van der Waals surface area contributed by atoms with Crippen molar-refractivity contribution in [3.05, 3.63) is 0 Å². The van der Waals surface area contributed by atoms with Gasteiger partial charge in [0.25, 0.3) is 0 Å². The van der Waals surface area contributed by atoms with Gasteiger partial charge in [-0.15, -0.1) is 0 Å². The zero-order valence-electron chi connectivity index (χ0n) is 2.77. The minimum atomic E-state index is -0.833. The number of primary amides is 2. The van der Waals surface area contributed by atoms with Gasteiger partial charge in [-0.2, -0.15) is 9.90 Å². The standard InChI is InChI=1S/CH4N2O.H3P/c2-1(3)4;/h(H4,2,3,4);1H3. The molecule has 0 fully saturated rings. The number of hydrogen-bond donors (Lipinski definition) is 2. The van der Waals surface area contributed by atoms with E-state index in [-0.39, 0.29) is 9.90 Å². The molecule has 0 heterocycles. The SMILES string of the molecule is NC(N)=O.P. The van der Waals surface area contributed by atoms with Gasteiger partial charge in [0.15, 0.2) is 0 Å². The van der Waals surface area contributed by atoms with Crippen LogP contribution in [0.4, 0.5) is 4.79 Å². The van der Waals surface area contributed by atoms with Crippen LogP contribution < -0.4 is 11.5 Å². The van der Waals surface area contributed by atoms with Crippen molar-refractivity contribution in [1.82, 2.24) is 0 Å². The van der Waals surface area contributed by atoms with Gasteiger partial charge < -0.3 is 11.5 Å². The number of carbonyl (C=O) groups is 1. The highest BCUT2D eigenvalue weighted by atomic mass is 31.0. The predicted octanol–water partition coefficient (Wildman–Crippen LogP) is -0.918. The van der Waals surface area contributed by atoms with Crippen LogP contribution in [0.5, 0.6) is 0 Å². The van der Waals surface area contributed by atoms with Gasteiger partial charge in [-0.3, -0.25) is 0 Å². The van der Waals surface area contributed by atoms with Crippen molar-refractivity contribution in [3.8, 4) is 0 Å². The molecule has 32 valence electrons. The molecule has 5 heavy (non-hydrogen) atoms. The van der Waals surface area contributed by atoms with Crippen LogP contribution in [0.3, 0.4) is 0 Å². The van der Waals surface area contributed by atoms with Crippen LogP contribution in [0.2, 0.25) is 0 Å². The monoisotopic (exact) mass is 94.0 g/mol. The van der Waals surface area contributed by atoms with Crippen LogP contribution in [0.25, 0.3) is 0 Å². The summed E-state index contributed by atoms with van der Waals surface area (Å²) in [6, 6.07) is -0.833. The zero-order valence-corrected chi connectivity index (χ0v) is 4.18. The molecule has 2 amide bonds. The number of urea groups is 1. The molecule has 1 atom stereocenters. The Labute approximate surface area is 33.3 Å². The van der Waals surface area contributed by atoms with E-state index in [0.717, 1.165) is 0 Å². The molecule has 0 aliphatic rings. The molecule has 0 bridgehead atoms. The fraction of sp³-hybridized carbons (Fsp3) is 0. The highest BCUT2D eigenvalue weighted by molar-refractivity contribution is 6.92. The number of amides is 2. The normalized spacial score (nSPS) is 4.80. The van der Waals surface area contributed by atoms with Crippen molar-refractivity contribution in [2.24, 2.45) is 11.5 Å². The Morgan fingerprint density at radius 1 is 1.40 bits per heavy atom. The molecule has 1 unspecified atom stereocenters. The van der Waals surface area contributed by atoms with Crippen LogP contribution in [-0.4, -0.2) is 6.03 Å². The minimum absolute atomic E-state index is 0. The van der Waals surface area contributed by atoms with Gasteiger partial charge in [0, 0.05) is 0 Å². The quantitative estimate of drug-likeness (QED) is 0.374. The van der Waals surface area contributed by atoms with Crippen LogP contribution >= 0.6 is 9.90 Å². The molecule has 4 heteroatoms. The third-order valence-corrected chi connectivity index (χ3v) is 0. The Morgan fingerprint density at radius 2 is 1.40 bits per heavy atom. The summed E-state index contributed by atoms with van der Waals surface area (Å²) < 4.78 is 0. The number of rotatable bonds is 0. The topological polar surface area (TPSA) is 69.1 Å². The lowest BCUT2D eigenvalue weighted by Gasteiger charge is -1.62. The third-order valence-electron chi connectivity index (χ3n) is 0. The van der Waals surface area contributed by atoms with Gasteiger partial charge in [0.1, 0.15) is 0 Å². The summed E-state index contributed by atoms with van der Waals surface area (Å²) in [6.07, 6.45) is 0. The Kier molecular flexibility index (Phi) is 6.53. The first-order chi connectivity index (χ1) is 1.73. The Balaban J connectivity index is 0. The lowest BCUT2D eigenvalue weighted by molar-refractivity contribution is 0.256. The van der Waals surface area contributed by atoms with Gasteiger partial charge in [0.05, 0.1) is 0 Å². The van der Waals surface area contributed by atoms with Crippen LogP contribution in [-0.2, 0) is 0 Å². The Morgan fingerprint density at radius 3 is 1.40 bits per heavy atom. The summed E-state index contributed by atoms with van der Waals surface area (Å²) in [5.41, 5.74) is 8.50. The van der Waals surface area contributed by atoms with Gasteiger partial charge in [-0.1, -0.05) is 0 Å². The van der Waals surface area contributed by atoms with Crippen molar-refractivity contribution < 1.29 is 4.79 Å². The molecule has 0 saturated carbocycles. The van der Waals surface area contributed by atoms with Crippen molar-refractivity contribution in [1.29, 1.82) is 0 Å². The Bertz CT molecular complexity index is 32.6. The molecule has 3 nitrogen and oxygen atoms in total. The minimum Gasteiger partial charge on any atom is -0.352 e. The zero-order chi connectivity index (χ0) is 3.58. The van der Waals surface area contributed by atoms with Crippen LogP contribution in [0, 0.1) is 0 Å². The first kappa shape index (κ1) is 8.83. The van der Waals surface area contributed by atoms with Crippen molar-refractivity contribution in [2.45, 2.75) is 0 Å². The number of hydrogen-bond acceptors (Lipinski definition) is 1. The van der Waals surface area contributed by atoms with E-state index < -0.39 is 6.03 Å². The first-order valence-corrected chi connectivity index (χ1v) is 0.781. The average Bonchev–Trinajstić information content (AvgIpc) is 0.811. The summed E-state index contributed by atoms with van der Waals surface area (Å²) in [7, 11) is 0. The summed E-state index contributed by atoms with van der Waals surface area (Å²) in [6.45, 7) is 0. The maximum absolute atomic E-state index is 9.00. The predicted molar refractivity (Wildman–Crippen MR) is 24.9 cm³/mol. The fourth-order valence-corrected chi connectivity index (χ4v) is 0. The molecular weight excluding hydrogens is 87.0 g/mol. The van der Waals surface area contributed by atoms with Crippen molar-refractivity contribution in [2.75, 3.05) is 0 Å². The number of carbonyl (C=O) groups excluding carboxylic acids is 1. The number of nitrogens with two attached hydrogens (primary N) is 2. The molecule has 0 aromatic carbocycles. The van der Waals surface area contributed by atoms with E-state index in [2.05, 4.69) is 11.5 Å². The Hall–Kier alpha value is -0.300. The van der Waals surface area contributed by atoms with Crippen molar-refractivity contribution >= 4 is 15.9 Å².